The monoisotopic (exact) mass is 444 g/mol. The summed E-state index contributed by atoms with van der Waals surface area (Å²) in [5, 5.41) is 17.7. The van der Waals surface area contributed by atoms with E-state index in [4.69, 9.17) is 9.15 Å². The predicted molar refractivity (Wildman–Crippen MR) is 98.3 cm³/mol. The summed E-state index contributed by atoms with van der Waals surface area (Å²) in [6.07, 6.45) is 0. The Morgan fingerprint density at radius 3 is 2.81 bits per heavy atom. The molecule has 0 atom stereocenters. The molecule has 26 heavy (non-hydrogen) atoms. The molecule has 0 saturated carbocycles. The van der Waals surface area contributed by atoms with Crippen molar-refractivity contribution in [3.05, 3.63) is 39.0 Å². The van der Waals surface area contributed by atoms with Crippen LogP contribution in [0, 0.1) is 5.82 Å². The van der Waals surface area contributed by atoms with Gasteiger partial charge in [0.2, 0.25) is 11.6 Å². The second-order valence-corrected chi connectivity index (χ2v) is 8.36. The van der Waals surface area contributed by atoms with Crippen LogP contribution in [0.5, 0.6) is 0 Å². The zero-order valence-electron chi connectivity index (χ0n) is 13.9. The molecule has 9 nitrogen and oxygen atoms in total. The second kappa shape index (κ2) is 8.07. The summed E-state index contributed by atoms with van der Waals surface area (Å²) in [4.78, 5) is 12.1. The van der Waals surface area contributed by atoms with Crippen molar-refractivity contribution in [2.45, 2.75) is 0 Å². The normalized spacial score (nSPS) is 11.3. The van der Waals surface area contributed by atoms with E-state index in [1.807, 2.05) is 0 Å². The zero-order chi connectivity index (χ0) is 18.7. The summed E-state index contributed by atoms with van der Waals surface area (Å²) < 4.78 is 24.4. The molecule has 0 fully saturated rings. The van der Waals surface area contributed by atoms with Gasteiger partial charge < -0.3 is 5.32 Å². The molecule has 0 aliphatic carbocycles. The van der Waals surface area contributed by atoms with Crippen molar-refractivity contribution in [1.29, 1.82) is 0 Å². The van der Waals surface area contributed by atoms with Crippen LogP contribution in [0.4, 0.5) is 10.2 Å². The highest BCUT2D eigenvalue weighted by atomic mass is 79.9. The van der Waals surface area contributed by atoms with Crippen LogP contribution in [-0.4, -0.2) is 46.5 Å². The molecular weight excluding hydrogens is 430 g/mol. The summed E-state index contributed by atoms with van der Waals surface area (Å²) in [6, 6.07) is 4.09. The number of benzene rings is 1. The van der Waals surface area contributed by atoms with E-state index in [0.717, 1.165) is 11.1 Å². The van der Waals surface area contributed by atoms with Gasteiger partial charge in [-0.05, 0) is 65.8 Å². The summed E-state index contributed by atoms with van der Waals surface area (Å²) >= 11 is 3.09. The van der Waals surface area contributed by atoms with Gasteiger partial charge in [0.1, 0.15) is 5.82 Å². The van der Waals surface area contributed by atoms with Crippen LogP contribution in [0.1, 0.15) is 0 Å². The minimum atomic E-state index is -0.739. The van der Waals surface area contributed by atoms with Gasteiger partial charge in [-0.25, -0.2) is 18.4 Å². The van der Waals surface area contributed by atoms with Gasteiger partial charge in [0.25, 0.3) is 0 Å². The molecule has 0 aliphatic heterocycles. The molecule has 0 spiro atoms. The van der Waals surface area contributed by atoms with Crippen molar-refractivity contribution >= 4 is 29.8 Å². The average Bonchev–Trinajstić information content (AvgIpc) is 3.20. The van der Waals surface area contributed by atoms with Gasteiger partial charge in [-0.3, -0.25) is 9.61 Å². The largest absolute Gasteiger partial charge is 0.446 e. The maximum Gasteiger partial charge on any atom is 0.446 e. The number of anilines is 1. The number of hydrogen-bond donors (Lipinski definition) is 2. The van der Waals surface area contributed by atoms with E-state index in [2.05, 4.69) is 55.1 Å². The van der Waals surface area contributed by atoms with E-state index in [9.17, 15) is 9.18 Å². The second-order valence-electron chi connectivity index (χ2n) is 5.40. The van der Waals surface area contributed by atoms with E-state index in [1.165, 1.54) is 18.2 Å². The molecule has 2 aromatic heterocycles. The Kier molecular flexibility index (Phi) is 5.80. The number of aromatic nitrogens is 4. The number of nitrogens with one attached hydrogen (secondary N) is 2. The van der Waals surface area contributed by atoms with Crippen molar-refractivity contribution in [2.24, 2.45) is 0 Å². The minimum absolute atomic E-state index is 0.0958. The highest BCUT2D eigenvalue weighted by Crippen LogP contribution is 2.26. The maximum atomic E-state index is 13.5. The van der Waals surface area contributed by atoms with E-state index in [1.54, 1.807) is 0 Å². The average molecular weight is 445 g/mol. The fourth-order valence-electron chi connectivity index (χ4n) is 2.16. The SMILES string of the molecule is CP(C)NCCNc1nonc1-c1noc(=O)n1-c1ccc(F)c(Br)c1. The van der Waals surface area contributed by atoms with Crippen LogP contribution < -0.4 is 16.2 Å². The predicted octanol–water partition coefficient (Wildman–Crippen LogP) is 2.44. The van der Waals surface area contributed by atoms with Crippen molar-refractivity contribution in [1.82, 2.24) is 25.1 Å². The molecule has 0 unspecified atom stereocenters. The van der Waals surface area contributed by atoms with Crippen molar-refractivity contribution in [2.75, 3.05) is 31.7 Å². The third-order valence-electron chi connectivity index (χ3n) is 3.31. The lowest BCUT2D eigenvalue weighted by molar-refractivity contribution is 0.309. The molecule has 3 rings (SSSR count). The standard InChI is InChI=1S/C14H15BrFN6O3P/c1-26(2)18-6-5-17-12-11(19-25-20-12)13-21-24-14(23)22(13)8-3-4-10(16)9(15)7-8/h3-4,7,18H,5-6H2,1-2H3,(H,17,20). The molecule has 0 aliphatic rings. The van der Waals surface area contributed by atoms with Gasteiger partial charge in [-0.15, -0.1) is 0 Å². The van der Waals surface area contributed by atoms with Gasteiger partial charge in [-0.2, -0.15) is 0 Å². The maximum absolute atomic E-state index is 13.5. The lowest BCUT2D eigenvalue weighted by atomic mass is 10.3. The van der Waals surface area contributed by atoms with Crippen LogP contribution in [0.15, 0.2) is 36.6 Å². The van der Waals surface area contributed by atoms with E-state index in [-0.39, 0.29) is 24.1 Å². The Morgan fingerprint density at radius 1 is 1.27 bits per heavy atom. The molecule has 12 heteroatoms. The number of halogens is 2. The fraction of sp³-hybridized carbons (Fsp3) is 0.286. The first-order valence-electron chi connectivity index (χ1n) is 7.49. The Bertz CT molecular complexity index is 956. The number of nitrogens with zero attached hydrogens (tertiary/aromatic N) is 4. The number of hydrogen-bond acceptors (Lipinski definition) is 8. The topological polar surface area (TPSA) is 111 Å². The molecule has 0 radical (unpaired) electrons. The van der Waals surface area contributed by atoms with Crippen LogP contribution >= 0.6 is 24.0 Å². The van der Waals surface area contributed by atoms with E-state index in [0.29, 0.717) is 18.1 Å². The van der Waals surface area contributed by atoms with Crippen molar-refractivity contribution in [3.63, 3.8) is 0 Å². The third kappa shape index (κ3) is 4.00. The molecule has 0 saturated heterocycles. The van der Waals surface area contributed by atoms with Crippen LogP contribution in [-0.2, 0) is 0 Å². The molecule has 2 heterocycles. The zero-order valence-corrected chi connectivity index (χ0v) is 16.3. The first-order valence-corrected chi connectivity index (χ1v) is 10.5. The molecule has 0 bridgehead atoms. The first-order chi connectivity index (χ1) is 12.5. The van der Waals surface area contributed by atoms with Gasteiger partial charge in [0.05, 0.1) is 10.2 Å². The summed E-state index contributed by atoms with van der Waals surface area (Å²) in [5.74, 6) is -0.772. The third-order valence-corrected chi connectivity index (χ3v) is 4.78. The highest BCUT2D eigenvalue weighted by molar-refractivity contribution is 9.10. The van der Waals surface area contributed by atoms with Gasteiger partial charge in [0.15, 0.2) is 5.69 Å². The van der Waals surface area contributed by atoms with Gasteiger partial charge in [-0.1, -0.05) is 5.16 Å². The molecule has 0 amide bonds. The van der Waals surface area contributed by atoms with Crippen LogP contribution in [0.3, 0.4) is 0 Å². The summed E-state index contributed by atoms with van der Waals surface area (Å²) in [7, 11) is -0.216. The highest BCUT2D eigenvalue weighted by Gasteiger charge is 2.23. The van der Waals surface area contributed by atoms with E-state index >= 15 is 0 Å². The molecule has 1 aromatic carbocycles. The Labute approximate surface area is 156 Å². The van der Waals surface area contributed by atoms with Crippen LogP contribution in [0.2, 0.25) is 0 Å². The molecular formula is C14H15BrFN6O3P. The Morgan fingerprint density at radius 2 is 2.08 bits per heavy atom. The first kappa shape index (κ1) is 18.7. The molecule has 2 N–H and O–H groups in total. The fourth-order valence-corrected chi connectivity index (χ4v) is 3.09. The van der Waals surface area contributed by atoms with Crippen molar-refractivity contribution < 1.29 is 13.5 Å². The van der Waals surface area contributed by atoms with Crippen molar-refractivity contribution in [3.8, 4) is 17.2 Å². The minimum Gasteiger partial charge on any atom is -0.364 e. The van der Waals surface area contributed by atoms with E-state index < -0.39 is 11.6 Å². The quantitative estimate of drug-likeness (QED) is 0.422. The number of rotatable bonds is 7. The Balaban J connectivity index is 1.91. The van der Waals surface area contributed by atoms with Gasteiger partial charge in [0, 0.05) is 13.1 Å². The molecule has 138 valence electrons. The van der Waals surface area contributed by atoms with Crippen LogP contribution in [0.25, 0.3) is 17.2 Å². The Hall–Kier alpha value is -2.10. The van der Waals surface area contributed by atoms with Gasteiger partial charge >= 0.3 is 5.76 Å². The lowest BCUT2D eigenvalue weighted by Crippen LogP contribution is -2.18. The molecule has 3 aromatic rings. The summed E-state index contributed by atoms with van der Waals surface area (Å²) in [6.45, 7) is 5.51. The summed E-state index contributed by atoms with van der Waals surface area (Å²) in [5.41, 5.74) is 0.573. The lowest BCUT2D eigenvalue weighted by Gasteiger charge is -2.09. The smallest absolute Gasteiger partial charge is 0.364 e.